The summed E-state index contributed by atoms with van der Waals surface area (Å²) in [5, 5.41) is 10.3. The second-order valence-electron chi connectivity index (χ2n) is 7.32. The van der Waals surface area contributed by atoms with Crippen molar-refractivity contribution >= 4 is 0 Å². The normalized spacial score (nSPS) is 24.5. The van der Waals surface area contributed by atoms with Crippen molar-refractivity contribution in [2.75, 3.05) is 26.2 Å². The van der Waals surface area contributed by atoms with E-state index in [-0.39, 0.29) is 0 Å². The van der Waals surface area contributed by atoms with Crippen LogP contribution in [0.4, 0.5) is 0 Å². The average molecular weight is 305 g/mol. The summed E-state index contributed by atoms with van der Waals surface area (Å²) >= 11 is 0. The van der Waals surface area contributed by atoms with Crippen LogP contribution in [0, 0.1) is 11.8 Å². The lowest BCUT2D eigenvalue weighted by Crippen LogP contribution is -2.44. The molecule has 1 saturated heterocycles. The molecule has 3 heteroatoms. The van der Waals surface area contributed by atoms with E-state index >= 15 is 0 Å². The Morgan fingerprint density at radius 3 is 2.45 bits per heavy atom. The van der Waals surface area contributed by atoms with Crippen molar-refractivity contribution in [2.24, 2.45) is 11.8 Å². The van der Waals surface area contributed by atoms with Crippen molar-refractivity contribution in [3.8, 4) is 5.75 Å². The van der Waals surface area contributed by atoms with Gasteiger partial charge in [-0.15, -0.1) is 0 Å². The summed E-state index contributed by atoms with van der Waals surface area (Å²) in [6.45, 7) is 12.2. The fourth-order valence-electron chi connectivity index (χ4n) is 3.57. The van der Waals surface area contributed by atoms with Crippen molar-refractivity contribution in [2.45, 2.75) is 46.1 Å². The van der Waals surface area contributed by atoms with Crippen molar-refractivity contribution in [1.29, 1.82) is 0 Å². The molecule has 1 N–H and O–H groups in total. The first kappa shape index (κ1) is 17.3. The molecule has 22 heavy (non-hydrogen) atoms. The fraction of sp³-hybridized carbons (Fsp3) is 0.684. The molecule has 0 amide bonds. The Hall–Kier alpha value is -1.06. The van der Waals surface area contributed by atoms with Gasteiger partial charge >= 0.3 is 0 Å². The monoisotopic (exact) mass is 305 g/mol. The molecule has 0 unspecified atom stereocenters. The minimum Gasteiger partial charge on any atom is -0.491 e. The van der Waals surface area contributed by atoms with E-state index in [1.807, 2.05) is 18.2 Å². The molecule has 0 saturated carbocycles. The highest BCUT2D eigenvalue weighted by molar-refractivity contribution is 5.35. The number of piperidine rings is 1. The first-order valence-electron chi connectivity index (χ1n) is 8.57. The van der Waals surface area contributed by atoms with E-state index in [0.29, 0.717) is 19.1 Å². The predicted octanol–water partition coefficient (Wildman–Crippen LogP) is 3.53. The number of likely N-dealkylation sites (tertiary alicyclic amines) is 1. The first-order valence-corrected chi connectivity index (χ1v) is 8.57. The van der Waals surface area contributed by atoms with Gasteiger partial charge in [0.1, 0.15) is 18.5 Å². The lowest BCUT2D eigenvalue weighted by Gasteiger charge is -2.36. The van der Waals surface area contributed by atoms with E-state index in [1.54, 1.807) is 0 Å². The smallest absolute Gasteiger partial charge is 0.122 e. The molecule has 0 spiro atoms. The van der Waals surface area contributed by atoms with Crippen LogP contribution in [-0.4, -0.2) is 42.4 Å². The van der Waals surface area contributed by atoms with Gasteiger partial charge in [-0.05, 0) is 35.8 Å². The maximum atomic E-state index is 10.3. The number of ether oxygens (including phenoxy) is 1. The lowest BCUT2D eigenvalue weighted by atomic mass is 9.92. The third-order valence-electron chi connectivity index (χ3n) is 4.39. The zero-order valence-corrected chi connectivity index (χ0v) is 14.5. The standard InChI is InChI=1S/C19H31NO2/c1-14(2)18-7-5-6-8-19(18)22-13-17(21)12-20-10-15(3)9-16(4)11-20/h5-8,14-17,21H,9-13H2,1-4H3/t15-,16+,17-/m0/s1. The molecule has 1 aromatic carbocycles. The Morgan fingerprint density at radius 2 is 1.82 bits per heavy atom. The van der Waals surface area contributed by atoms with Gasteiger partial charge in [0.15, 0.2) is 0 Å². The first-order chi connectivity index (χ1) is 10.5. The minimum atomic E-state index is -0.433. The molecule has 124 valence electrons. The molecule has 2 rings (SSSR count). The van der Waals surface area contributed by atoms with Gasteiger partial charge in [-0.1, -0.05) is 45.9 Å². The molecule has 1 aliphatic rings. The fourth-order valence-corrected chi connectivity index (χ4v) is 3.57. The second-order valence-corrected chi connectivity index (χ2v) is 7.32. The molecular formula is C19H31NO2. The second kappa shape index (κ2) is 7.98. The van der Waals surface area contributed by atoms with E-state index in [4.69, 9.17) is 4.74 Å². The molecule has 1 heterocycles. The molecular weight excluding hydrogens is 274 g/mol. The van der Waals surface area contributed by atoms with E-state index in [2.05, 4.69) is 38.7 Å². The maximum Gasteiger partial charge on any atom is 0.122 e. The largest absolute Gasteiger partial charge is 0.491 e. The molecule has 0 bridgehead atoms. The molecule has 1 fully saturated rings. The highest BCUT2D eigenvalue weighted by Crippen LogP contribution is 2.26. The Bertz CT molecular complexity index is 451. The molecule has 0 aliphatic carbocycles. The van der Waals surface area contributed by atoms with Crippen LogP contribution in [0.3, 0.4) is 0 Å². The van der Waals surface area contributed by atoms with Gasteiger partial charge in [-0.3, -0.25) is 0 Å². The van der Waals surface area contributed by atoms with Crippen LogP contribution in [0.1, 0.15) is 45.6 Å². The Labute approximate surface area is 135 Å². The third-order valence-corrected chi connectivity index (χ3v) is 4.39. The van der Waals surface area contributed by atoms with Gasteiger partial charge in [0.2, 0.25) is 0 Å². The quantitative estimate of drug-likeness (QED) is 0.873. The Morgan fingerprint density at radius 1 is 1.18 bits per heavy atom. The van der Waals surface area contributed by atoms with Gasteiger partial charge in [-0.2, -0.15) is 0 Å². The lowest BCUT2D eigenvalue weighted by molar-refractivity contribution is 0.0426. The van der Waals surface area contributed by atoms with Gasteiger partial charge in [-0.25, -0.2) is 0 Å². The number of hydrogen-bond acceptors (Lipinski definition) is 3. The number of aliphatic hydroxyl groups is 1. The number of aliphatic hydroxyl groups excluding tert-OH is 1. The van der Waals surface area contributed by atoms with E-state index in [0.717, 1.165) is 30.7 Å². The number of hydrogen-bond donors (Lipinski definition) is 1. The van der Waals surface area contributed by atoms with E-state index < -0.39 is 6.10 Å². The zero-order valence-electron chi connectivity index (χ0n) is 14.5. The minimum absolute atomic E-state index is 0.364. The molecule has 1 aromatic rings. The van der Waals surface area contributed by atoms with Gasteiger partial charge in [0, 0.05) is 19.6 Å². The van der Waals surface area contributed by atoms with E-state index in [9.17, 15) is 5.11 Å². The number of nitrogens with zero attached hydrogens (tertiary/aromatic N) is 1. The molecule has 0 aromatic heterocycles. The van der Waals surface area contributed by atoms with Crippen LogP contribution in [0.15, 0.2) is 24.3 Å². The number of β-amino-alcohol motifs (C(OH)–C–C–N with tert-alkyl or cyclic N) is 1. The van der Waals surface area contributed by atoms with Gasteiger partial charge < -0.3 is 14.7 Å². The maximum absolute atomic E-state index is 10.3. The summed E-state index contributed by atoms with van der Waals surface area (Å²) in [5.74, 6) is 2.77. The molecule has 3 nitrogen and oxygen atoms in total. The van der Waals surface area contributed by atoms with Crippen LogP contribution in [-0.2, 0) is 0 Å². The van der Waals surface area contributed by atoms with Crippen LogP contribution < -0.4 is 4.74 Å². The summed E-state index contributed by atoms with van der Waals surface area (Å²) in [5.41, 5.74) is 1.20. The van der Waals surface area contributed by atoms with Crippen LogP contribution >= 0.6 is 0 Å². The summed E-state index contributed by atoms with van der Waals surface area (Å²) in [6.07, 6.45) is 0.864. The highest BCUT2D eigenvalue weighted by Gasteiger charge is 2.23. The van der Waals surface area contributed by atoms with Crippen LogP contribution in [0.2, 0.25) is 0 Å². The zero-order chi connectivity index (χ0) is 16.1. The van der Waals surface area contributed by atoms with Crippen molar-refractivity contribution in [3.63, 3.8) is 0 Å². The molecule has 3 atom stereocenters. The van der Waals surface area contributed by atoms with Crippen molar-refractivity contribution in [3.05, 3.63) is 29.8 Å². The Balaban J connectivity index is 1.84. The predicted molar refractivity (Wildman–Crippen MR) is 91.4 cm³/mol. The summed E-state index contributed by atoms with van der Waals surface area (Å²) in [6, 6.07) is 8.12. The number of rotatable bonds is 6. The van der Waals surface area contributed by atoms with Crippen molar-refractivity contribution < 1.29 is 9.84 Å². The SMILES string of the molecule is CC(C)c1ccccc1OC[C@@H](O)CN1C[C@H](C)C[C@H](C)C1. The summed E-state index contributed by atoms with van der Waals surface area (Å²) < 4.78 is 5.88. The van der Waals surface area contributed by atoms with E-state index in [1.165, 1.54) is 12.0 Å². The van der Waals surface area contributed by atoms with Crippen molar-refractivity contribution in [1.82, 2.24) is 4.90 Å². The average Bonchev–Trinajstić information content (AvgIpc) is 2.44. The Kier molecular flexibility index (Phi) is 6.27. The molecule has 0 radical (unpaired) electrons. The third kappa shape index (κ3) is 4.99. The summed E-state index contributed by atoms with van der Waals surface area (Å²) in [4.78, 5) is 2.38. The van der Waals surface area contributed by atoms with Gasteiger partial charge in [0.05, 0.1) is 0 Å². The van der Waals surface area contributed by atoms with Crippen LogP contribution in [0.5, 0.6) is 5.75 Å². The number of benzene rings is 1. The number of para-hydroxylation sites is 1. The van der Waals surface area contributed by atoms with Crippen LogP contribution in [0.25, 0.3) is 0 Å². The topological polar surface area (TPSA) is 32.7 Å². The van der Waals surface area contributed by atoms with Gasteiger partial charge in [0.25, 0.3) is 0 Å². The molecule has 1 aliphatic heterocycles. The summed E-state index contributed by atoms with van der Waals surface area (Å²) in [7, 11) is 0. The highest BCUT2D eigenvalue weighted by atomic mass is 16.5.